The largest absolute Gasteiger partial charge is 0.433 e. The van der Waals surface area contributed by atoms with Gasteiger partial charge >= 0.3 is 12.4 Å². The summed E-state index contributed by atoms with van der Waals surface area (Å²) in [5, 5.41) is 3.19. The van der Waals surface area contributed by atoms with E-state index in [2.05, 4.69) is 15.3 Å². The zero-order chi connectivity index (χ0) is 22.4. The van der Waals surface area contributed by atoms with Gasteiger partial charge < -0.3 is 5.32 Å². The fourth-order valence-electron chi connectivity index (χ4n) is 3.67. The second-order valence-corrected chi connectivity index (χ2v) is 7.44. The Morgan fingerprint density at radius 2 is 1.74 bits per heavy atom. The van der Waals surface area contributed by atoms with Crippen LogP contribution in [0.4, 0.5) is 32.0 Å². The van der Waals surface area contributed by atoms with Gasteiger partial charge in [0.1, 0.15) is 11.5 Å². The number of benzene rings is 2. The van der Waals surface area contributed by atoms with Crippen LogP contribution in [0.3, 0.4) is 0 Å². The van der Waals surface area contributed by atoms with Gasteiger partial charge in [-0.15, -0.1) is 0 Å². The Labute approximate surface area is 173 Å². The van der Waals surface area contributed by atoms with Crippen LogP contribution in [0.1, 0.15) is 35.2 Å². The summed E-state index contributed by atoms with van der Waals surface area (Å²) in [4.78, 5) is 7.79. The van der Waals surface area contributed by atoms with Crippen molar-refractivity contribution in [1.29, 1.82) is 0 Å². The minimum absolute atomic E-state index is 0.0400. The fourth-order valence-corrected chi connectivity index (χ4v) is 3.67. The summed E-state index contributed by atoms with van der Waals surface area (Å²) in [5.74, 6) is 0.103. The first kappa shape index (κ1) is 21.1. The quantitative estimate of drug-likeness (QED) is 0.479. The van der Waals surface area contributed by atoms with Gasteiger partial charge in [-0.05, 0) is 29.3 Å². The molecule has 1 N–H and O–H groups in total. The number of halogens is 6. The Hall–Kier alpha value is -3.10. The van der Waals surface area contributed by atoms with E-state index in [0.717, 1.165) is 23.4 Å². The molecule has 0 fully saturated rings. The third-order valence-electron chi connectivity index (χ3n) is 5.21. The molecule has 162 valence electrons. The van der Waals surface area contributed by atoms with E-state index in [0.29, 0.717) is 12.3 Å². The Bertz CT molecular complexity index is 1140. The molecule has 2 aromatic carbocycles. The number of anilines is 1. The first-order valence-electron chi connectivity index (χ1n) is 9.50. The molecule has 1 aliphatic rings. The topological polar surface area (TPSA) is 37.3 Å². The van der Waals surface area contributed by atoms with Gasteiger partial charge in [0.25, 0.3) is 0 Å². The number of rotatable bonds is 3. The summed E-state index contributed by atoms with van der Waals surface area (Å²) in [7, 11) is 0. The van der Waals surface area contributed by atoms with Crippen LogP contribution in [0.2, 0.25) is 0 Å². The summed E-state index contributed by atoms with van der Waals surface area (Å²) >= 11 is 0. The van der Waals surface area contributed by atoms with Crippen LogP contribution < -0.4 is 5.32 Å². The molecule has 0 radical (unpaired) electrons. The summed E-state index contributed by atoms with van der Waals surface area (Å²) < 4.78 is 80.4. The molecule has 0 saturated carbocycles. The van der Waals surface area contributed by atoms with Crippen molar-refractivity contribution in [3.8, 4) is 0 Å². The number of hydrogen-bond donors (Lipinski definition) is 1. The zero-order valence-electron chi connectivity index (χ0n) is 16.3. The molecule has 0 amide bonds. The first-order chi connectivity index (χ1) is 14.5. The number of para-hydroxylation sites is 2. The molecule has 31 heavy (non-hydrogen) atoms. The Morgan fingerprint density at radius 3 is 2.42 bits per heavy atom. The minimum Gasteiger partial charge on any atom is -0.344 e. The highest BCUT2D eigenvalue weighted by Gasteiger charge is 2.37. The van der Waals surface area contributed by atoms with Crippen molar-refractivity contribution in [2.75, 3.05) is 11.9 Å². The number of alkyl halides is 6. The van der Waals surface area contributed by atoms with E-state index in [4.69, 9.17) is 0 Å². The molecule has 1 unspecified atom stereocenters. The number of nitrogens with zero attached hydrogens (tertiary/aromatic N) is 2. The van der Waals surface area contributed by atoms with Gasteiger partial charge in [0.15, 0.2) is 0 Å². The van der Waals surface area contributed by atoms with Crippen LogP contribution in [0.5, 0.6) is 0 Å². The molecule has 3 aromatic rings. The van der Waals surface area contributed by atoms with Gasteiger partial charge in [-0.2, -0.15) is 26.3 Å². The lowest BCUT2D eigenvalue weighted by Gasteiger charge is -2.18. The van der Waals surface area contributed by atoms with E-state index < -0.39 is 35.0 Å². The molecule has 0 saturated heterocycles. The van der Waals surface area contributed by atoms with E-state index >= 15 is 0 Å². The summed E-state index contributed by atoms with van der Waals surface area (Å²) in [6, 6.07) is 11.7. The summed E-state index contributed by atoms with van der Waals surface area (Å²) in [5.41, 5.74) is -1.15. The first-order valence-corrected chi connectivity index (χ1v) is 9.50. The van der Waals surface area contributed by atoms with Gasteiger partial charge in [0.2, 0.25) is 0 Å². The summed E-state index contributed by atoms with van der Waals surface area (Å²) in [6.45, 7) is 1.75. The van der Waals surface area contributed by atoms with E-state index in [-0.39, 0.29) is 17.5 Å². The smallest absolute Gasteiger partial charge is 0.344 e. The highest BCUT2D eigenvalue weighted by molar-refractivity contribution is 6.03. The SMILES string of the molecule is CC(CN=C1Cc2ccccc2N1)c1cc(C(F)(F)F)nc2c(C(F)(F)F)cccc12. The van der Waals surface area contributed by atoms with E-state index in [1.54, 1.807) is 6.92 Å². The molecular formula is C22H17F6N3. The molecule has 0 aliphatic carbocycles. The van der Waals surface area contributed by atoms with Crippen LogP contribution >= 0.6 is 0 Å². The highest BCUT2D eigenvalue weighted by Crippen LogP contribution is 2.39. The number of nitrogens with one attached hydrogen (secondary N) is 1. The monoisotopic (exact) mass is 437 g/mol. The molecule has 1 aliphatic heterocycles. The molecule has 3 nitrogen and oxygen atoms in total. The molecule has 9 heteroatoms. The van der Waals surface area contributed by atoms with Crippen molar-refractivity contribution in [2.45, 2.75) is 31.6 Å². The molecule has 4 rings (SSSR count). The van der Waals surface area contributed by atoms with Crippen LogP contribution in [0.15, 0.2) is 53.5 Å². The number of pyridine rings is 1. The number of aromatic nitrogens is 1. The Balaban J connectivity index is 1.73. The van der Waals surface area contributed by atoms with Gasteiger partial charge in [-0.25, -0.2) is 4.98 Å². The normalized spacial score (nSPS) is 16.4. The Morgan fingerprint density at radius 1 is 1.00 bits per heavy atom. The van der Waals surface area contributed by atoms with Crippen molar-refractivity contribution in [3.63, 3.8) is 0 Å². The molecule has 0 spiro atoms. The lowest BCUT2D eigenvalue weighted by molar-refractivity contribution is -0.142. The number of amidine groups is 1. The molecule has 1 aromatic heterocycles. The molecule has 2 heterocycles. The minimum atomic E-state index is -4.87. The van der Waals surface area contributed by atoms with E-state index in [1.165, 1.54) is 12.1 Å². The zero-order valence-corrected chi connectivity index (χ0v) is 16.3. The van der Waals surface area contributed by atoms with Crippen molar-refractivity contribution in [1.82, 2.24) is 4.98 Å². The van der Waals surface area contributed by atoms with Crippen molar-refractivity contribution in [2.24, 2.45) is 4.99 Å². The van der Waals surface area contributed by atoms with Crippen LogP contribution in [0.25, 0.3) is 10.9 Å². The van der Waals surface area contributed by atoms with Gasteiger partial charge in [0.05, 0.1) is 11.1 Å². The van der Waals surface area contributed by atoms with Crippen LogP contribution in [-0.4, -0.2) is 17.4 Å². The Kier molecular flexibility index (Phi) is 5.15. The standard InChI is InChI=1S/C22H17F6N3/c1-12(11-29-19-9-13-5-2-3-8-17(13)30-19)15-10-18(22(26,27)28)31-20-14(15)6-4-7-16(20)21(23,24)25/h2-8,10,12H,9,11H2,1H3,(H,29,30). The second kappa shape index (κ2) is 7.55. The predicted octanol–water partition coefficient (Wildman–Crippen LogP) is 6.44. The lowest BCUT2D eigenvalue weighted by Crippen LogP contribution is -2.14. The maximum Gasteiger partial charge on any atom is 0.433 e. The molecule has 1 atom stereocenters. The van der Waals surface area contributed by atoms with Crippen molar-refractivity contribution in [3.05, 3.63) is 70.9 Å². The highest BCUT2D eigenvalue weighted by atomic mass is 19.4. The number of aliphatic imine (C=N–C) groups is 1. The van der Waals surface area contributed by atoms with Gasteiger partial charge in [0, 0.05) is 30.0 Å². The number of fused-ring (bicyclic) bond motifs is 2. The maximum atomic E-state index is 13.4. The average Bonchev–Trinajstić information content (AvgIpc) is 3.12. The molecular weight excluding hydrogens is 420 g/mol. The van der Waals surface area contributed by atoms with Gasteiger partial charge in [-0.1, -0.05) is 37.3 Å². The number of hydrogen-bond acceptors (Lipinski definition) is 2. The molecule has 0 bridgehead atoms. The van der Waals surface area contributed by atoms with Gasteiger partial charge in [-0.3, -0.25) is 4.99 Å². The van der Waals surface area contributed by atoms with E-state index in [1.807, 2.05) is 24.3 Å². The lowest BCUT2D eigenvalue weighted by atomic mass is 9.94. The summed E-state index contributed by atoms with van der Waals surface area (Å²) in [6.07, 6.45) is -9.13. The van der Waals surface area contributed by atoms with Crippen molar-refractivity contribution < 1.29 is 26.3 Å². The third kappa shape index (κ3) is 4.22. The second-order valence-electron chi connectivity index (χ2n) is 7.44. The van der Waals surface area contributed by atoms with E-state index in [9.17, 15) is 26.3 Å². The van der Waals surface area contributed by atoms with Crippen LogP contribution in [0, 0.1) is 0 Å². The third-order valence-corrected chi connectivity index (χ3v) is 5.21. The van der Waals surface area contributed by atoms with Crippen LogP contribution in [-0.2, 0) is 18.8 Å². The van der Waals surface area contributed by atoms with Crippen molar-refractivity contribution >= 4 is 22.4 Å². The average molecular weight is 437 g/mol. The maximum absolute atomic E-state index is 13.4. The predicted molar refractivity (Wildman–Crippen MR) is 106 cm³/mol. The fraction of sp³-hybridized carbons (Fsp3) is 0.273.